The number of rotatable bonds is 3. The minimum absolute atomic E-state index is 0.0384. The summed E-state index contributed by atoms with van der Waals surface area (Å²) in [4.78, 5) is 24.1. The van der Waals surface area contributed by atoms with Gasteiger partial charge in [-0.1, -0.05) is 6.07 Å². The fourth-order valence-corrected chi connectivity index (χ4v) is 1.97. The monoisotopic (exact) mass is 252 g/mol. The standard InChI is InChI=1S/C12H13FN2O3/c13-4-5-14-12(18)15-6-3-8-1-2-9(11(16)17)7-10(8)15/h1-2,7H,3-6H2,(H,14,18)(H,16,17). The SMILES string of the molecule is O=C(O)c1ccc2c(c1)N(C(=O)NCCF)CC2. The van der Waals surface area contributed by atoms with E-state index in [0.717, 1.165) is 5.56 Å². The molecule has 1 aliphatic heterocycles. The van der Waals surface area contributed by atoms with Crippen LogP contribution in [0.2, 0.25) is 0 Å². The smallest absolute Gasteiger partial charge is 0.335 e. The molecule has 96 valence electrons. The molecule has 0 bridgehead atoms. The summed E-state index contributed by atoms with van der Waals surface area (Å²) in [5.74, 6) is -1.03. The largest absolute Gasteiger partial charge is 0.478 e. The fourth-order valence-electron chi connectivity index (χ4n) is 1.97. The first-order chi connectivity index (χ1) is 8.63. The molecular weight excluding hydrogens is 239 g/mol. The molecule has 0 unspecified atom stereocenters. The molecule has 2 rings (SSSR count). The van der Waals surface area contributed by atoms with Gasteiger partial charge in [0.25, 0.3) is 0 Å². The van der Waals surface area contributed by atoms with Crippen LogP contribution < -0.4 is 10.2 Å². The average molecular weight is 252 g/mol. The Kier molecular flexibility index (Phi) is 3.45. The summed E-state index contributed by atoms with van der Waals surface area (Å²) < 4.78 is 12.0. The van der Waals surface area contributed by atoms with Crippen molar-refractivity contribution in [3.05, 3.63) is 29.3 Å². The van der Waals surface area contributed by atoms with Gasteiger partial charge < -0.3 is 10.4 Å². The molecule has 1 aromatic carbocycles. The zero-order valence-electron chi connectivity index (χ0n) is 9.65. The van der Waals surface area contributed by atoms with Gasteiger partial charge in [-0.2, -0.15) is 0 Å². The number of benzene rings is 1. The van der Waals surface area contributed by atoms with Gasteiger partial charge in [0.2, 0.25) is 0 Å². The van der Waals surface area contributed by atoms with Gasteiger partial charge in [0, 0.05) is 18.8 Å². The van der Waals surface area contributed by atoms with Crippen LogP contribution in [0.5, 0.6) is 0 Å². The van der Waals surface area contributed by atoms with Crippen LogP contribution >= 0.6 is 0 Å². The number of carbonyl (C=O) groups is 2. The number of carboxylic acids is 1. The van der Waals surface area contributed by atoms with Gasteiger partial charge in [0.15, 0.2) is 0 Å². The van der Waals surface area contributed by atoms with Crippen LogP contribution in [-0.2, 0) is 6.42 Å². The van der Waals surface area contributed by atoms with Crippen LogP contribution in [-0.4, -0.2) is 36.9 Å². The number of amides is 2. The Hall–Kier alpha value is -2.11. The molecule has 1 aromatic rings. The van der Waals surface area contributed by atoms with E-state index in [9.17, 15) is 14.0 Å². The minimum Gasteiger partial charge on any atom is -0.478 e. The van der Waals surface area contributed by atoms with Gasteiger partial charge in [-0.05, 0) is 24.1 Å². The van der Waals surface area contributed by atoms with Gasteiger partial charge in [-0.15, -0.1) is 0 Å². The number of hydrogen-bond acceptors (Lipinski definition) is 2. The highest BCUT2D eigenvalue weighted by Crippen LogP contribution is 2.29. The molecule has 0 aliphatic carbocycles. The van der Waals surface area contributed by atoms with Crippen molar-refractivity contribution in [2.45, 2.75) is 6.42 Å². The number of nitrogens with zero attached hydrogens (tertiary/aromatic N) is 1. The molecule has 2 N–H and O–H groups in total. The molecule has 0 saturated heterocycles. The van der Waals surface area contributed by atoms with Crippen LogP contribution in [0, 0.1) is 0 Å². The van der Waals surface area contributed by atoms with E-state index >= 15 is 0 Å². The zero-order chi connectivity index (χ0) is 13.1. The third-order valence-electron chi connectivity index (χ3n) is 2.84. The van der Waals surface area contributed by atoms with Crippen LogP contribution in [0.1, 0.15) is 15.9 Å². The second-order valence-corrected chi connectivity index (χ2v) is 3.97. The molecule has 0 fully saturated rings. The molecular formula is C12H13FN2O3. The summed E-state index contributed by atoms with van der Waals surface area (Å²) >= 11 is 0. The number of carbonyl (C=O) groups excluding carboxylic acids is 1. The van der Waals surface area contributed by atoms with Crippen molar-refractivity contribution in [2.75, 3.05) is 24.7 Å². The van der Waals surface area contributed by atoms with Crippen molar-refractivity contribution in [2.24, 2.45) is 0 Å². The second-order valence-electron chi connectivity index (χ2n) is 3.97. The van der Waals surface area contributed by atoms with Crippen LogP contribution in [0.15, 0.2) is 18.2 Å². The lowest BCUT2D eigenvalue weighted by Gasteiger charge is -2.17. The van der Waals surface area contributed by atoms with E-state index in [0.29, 0.717) is 18.7 Å². The summed E-state index contributed by atoms with van der Waals surface area (Å²) in [7, 11) is 0. The number of anilines is 1. The number of aromatic carboxylic acids is 1. The van der Waals surface area contributed by atoms with Gasteiger partial charge in [-0.25, -0.2) is 14.0 Å². The second kappa shape index (κ2) is 5.03. The Bertz CT molecular complexity index is 490. The molecule has 5 nitrogen and oxygen atoms in total. The first-order valence-corrected chi connectivity index (χ1v) is 5.61. The van der Waals surface area contributed by atoms with Crippen molar-refractivity contribution >= 4 is 17.7 Å². The van der Waals surface area contributed by atoms with Gasteiger partial charge in [0.05, 0.1) is 5.56 Å². The molecule has 0 saturated carbocycles. The first-order valence-electron chi connectivity index (χ1n) is 5.61. The topological polar surface area (TPSA) is 69.6 Å². The number of urea groups is 1. The maximum Gasteiger partial charge on any atom is 0.335 e. The Morgan fingerprint density at radius 2 is 2.22 bits per heavy atom. The van der Waals surface area contributed by atoms with E-state index in [1.165, 1.54) is 17.0 Å². The molecule has 0 atom stereocenters. The number of nitrogens with one attached hydrogen (secondary N) is 1. The van der Waals surface area contributed by atoms with E-state index in [1.807, 2.05) is 0 Å². The zero-order valence-corrected chi connectivity index (χ0v) is 9.65. The van der Waals surface area contributed by atoms with Gasteiger partial charge in [0.1, 0.15) is 6.67 Å². The Labute approximate surface area is 103 Å². The van der Waals surface area contributed by atoms with E-state index in [1.54, 1.807) is 6.07 Å². The highest BCUT2D eigenvalue weighted by atomic mass is 19.1. The molecule has 6 heteroatoms. The molecule has 2 amide bonds. The van der Waals surface area contributed by atoms with Crippen molar-refractivity contribution in [3.63, 3.8) is 0 Å². The molecule has 18 heavy (non-hydrogen) atoms. The summed E-state index contributed by atoms with van der Waals surface area (Å²) in [6, 6.07) is 4.30. The molecule has 0 radical (unpaired) electrons. The van der Waals surface area contributed by atoms with E-state index in [4.69, 9.17) is 5.11 Å². The maximum atomic E-state index is 12.0. The number of alkyl halides is 1. The predicted octanol–water partition coefficient (Wildman–Crippen LogP) is 1.43. The molecule has 1 aliphatic rings. The van der Waals surface area contributed by atoms with Crippen molar-refractivity contribution in [1.82, 2.24) is 5.32 Å². The third kappa shape index (κ3) is 2.27. The van der Waals surface area contributed by atoms with E-state index in [2.05, 4.69) is 5.32 Å². The lowest BCUT2D eigenvalue weighted by Crippen LogP contribution is -2.39. The Balaban J connectivity index is 2.23. The van der Waals surface area contributed by atoms with Crippen molar-refractivity contribution < 1.29 is 19.1 Å². The molecule has 1 heterocycles. The average Bonchev–Trinajstić information content (AvgIpc) is 2.78. The van der Waals surface area contributed by atoms with Crippen LogP contribution in [0.25, 0.3) is 0 Å². The van der Waals surface area contributed by atoms with Crippen LogP contribution in [0.4, 0.5) is 14.9 Å². The summed E-state index contributed by atoms with van der Waals surface area (Å²) in [6.07, 6.45) is 0.679. The third-order valence-corrected chi connectivity index (χ3v) is 2.84. The highest BCUT2D eigenvalue weighted by molar-refractivity contribution is 5.96. The normalized spacial score (nSPS) is 13.3. The number of halogens is 1. The fraction of sp³-hybridized carbons (Fsp3) is 0.333. The van der Waals surface area contributed by atoms with Crippen LogP contribution in [0.3, 0.4) is 0 Å². The van der Waals surface area contributed by atoms with Gasteiger partial charge in [-0.3, -0.25) is 4.90 Å². The highest BCUT2D eigenvalue weighted by Gasteiger charge is 2.25. The first kappa shape index (κ1) is 12.3. The predicted molar refractivity (Wildman–Crippen MR) is 63.8 cm³/mol. The van der Waals surface area contributed by atoms with Gasteiger partial charge >= 0.3 is 12.0 Å². The number of hydrogen-bond donors (Lipinski definition) is 2. The number of carboxylic acid groups (broad SMARTS) is 1. The van der Waals surface area contributed by atoms with E-state index in [-0.39, 0.29) is 12.1 Å². The molecule has 0 aromatic heterocycles. The molecule has 0 spiro atoms. The number of fused-ring (bicyclic) bond motifs is 1. The van der Waals surface area contributed by atoms with Crippen molar-refractivity contribution in [1.29, 1.82) is 0 Å². The quantitative estimate of drug-likeness (QED) is 0.854. The Morgan fingerprint density at radius 1 is 1.44 bits per heavy atom. The minimum atomic E-state index is -1.03. The summed E-state index contributed by atoms with van der Waals surface area (Å²) in [5, 5.41) is 11.3. The van der Waals surface area contributed by atoms with E-state index < -0.39 is 18.7 Å². The van der Waals surface area contributed by atoms with Crippen molar-refractivity contribution in [3.8, 4) is 0 Å². The lowest BCUT2D eigenvalue weighted by atomic mass is 10.1. The Morgan fingerprint density at radius 3 is 2.89 bits per heavy atom. The summed E-state index contributed by atoms with van der Waals surface area (Å²) in [5.41, 5.74) is 1.65. The summed E-state index contributed by atoms with van der Waals surface area (Å²) in [6.45, 7) is -0.179. The maximum absolute atomic E-state index is 12.0. The lowest BCUT2D eigenvalue weighted by molar-refractivity contribution is 0.0697.